The third-order valence-corrected chi connectivity index (χ3v) is 19.8. The van der Waals surface area contributed by atoms with E-state index in [2.05, 4.69) is 167 Å². The molecular weight excluding hydrogens is 924 g/mol. The number of ether oxygens (including phenoxy) is 2. The lowest BCUT2D eigenvalue weighted by atomic mass is 9.92. The van der Waals surface area contributed by atoms with Crippen molar-refractivity contribution in [1.82, 2.24) is 9.13 Å². The van der Waals surface area contributed by atoms with Gasteiger partial charge in [-0.25, -0.2) is 4.79 Å². The number of para-hydroxylation sites is 4. The maximum Gasteiger partial charge on any atom is 0.335 e. The third kappa shape index (κ3) is 6.32. The molecule has 0 unspecified atom stereocenters. The van der Waals surface area contributed by atoms with Crippen LogP contribution in [-0.2, 0) is 4.57 Å². The Labute approximate surface area is 411 Å². The maximum absolute atomic E-state index is 16.8. The number of thiophene rings is 2. The Kier molecular flexibility index (Phi) is 9.85. The Morgan fingerprint density at radius 2 is 0.871 bits per heavy atom. The number of carbonyl (C=O) groups is 1. The van der Waals surface area contributed by atoms with E-state index in [0.29, 0.717) is 17.1 Å². The van der Waals surface area contributed by atoms with Crippen LogP contribution in [0.5, 0.6) is 11.5 Å². The summed E-state index contributed by atoms with van der Waals surface area (Å²) >= 11 is 3.23. The first-order valence-corrected chi connectivity index (χ1v) is 26.3. The summed E-state index contributed by atoms with van der Waals surface area (Å²) in [5, 5.41) is 17.3. The summed E-state index contributed by atoms with van der Waals surface area (Å²) in [6.07, 6.45) is 0. The fourth-order valence-corrected chi connectivity index (χ4v) is 17.3. The number of carboxylic acid groups (broad SMARTS) is 1. The molecule has 0 radical (unpaired) electrons. The smallest absolute Gasteiger partial charge is 0.335 e. The van der Waals surface area contributed by atoms with Crippen molar-refractivity contribution >= 4 is 95.3 Å². The highest BCUT2D eigenvalue weighted by atomic mass is 32.1. The molecule has 0 fully saturated rings. The molecule has 4 aromatic heterocycles. The molecular formula is C60H41N2O5PS2. The van der Waals surface area contributed by atoms with Crippen molar-refractivity contribution in [3.63, 3.8) is 0 Å². The zero-order valence-electron chi connectivity index (χ0n) is 37.9. The van der Waals surface area contributed by atoms with E-state index in [1.165, 1.54) is 21.5 Å². The van der Waals surface area contributed by atoms with Crippen molar-refractivity contribution in [2.45, 2.75) is 5.92 Å². The van der Waals surface area contributed by atoms with E-state index in [1.807, 2.05) is 30.3 Å². The third-order valence-electron chi connectivity index (χ3n) is 13.9. The van der Waals surface area contributed by atoms with Gasteiger partial charge in [0.25, 0.3) is 0 Å². The van der Waals surface area contributed by atoms with E-state index in [0.717, 1.165) is 80.0 Å². The molecule has 13 rings (SSSR count). The topological polar surface area (TPSA) is 82.7 Å². The summed E-state index contributed by atoms with van der Waals surface area (Å²) in [6.45, 7) is 0. The predicted molar refractivity (Wildman–Crippen MR) is 289 cm³/mol. The van der Waals surface area contributed by atoms with Crippen molar-refractivity contribution < 1.29 is 23.9 Å². The minimum atomic E-state index is -3.55. The molecule has 8 aromatic carbocycles. The molecule has 1 aliphatic rings. The van der Waals surface area contributed by atoms with Gasteiger partial charge in [0, 0.05) is 73.9 Å². The molecule has 0 spiro atoms. The number of aromatic carboxylic acids is 1. The summed E-state index contributed by atoms with van der Waals surface area (Å²) in [4.78, 5) is 16.2. The molecule has 70 heavy (non-hydrogen) atoms. The van der Waals surface area contributed by atoms with E-state index in [1.54, 1.807) is 49.0 Å². The number of benzene rings is 8. The molecule has 0 aliphatic carbocycles. The summed E-state index contributed by atoms with van der Waals surface area (Å²) < 4.78 is 33.6. The van der Waals surface area contributed by atoms with Crippen LogP contribution in [0.25, 0.3) is 75.9 Å². The quantitative estimate of drug-likeness (QED) is 0.146. The van der Waals surface area contributed by atoms with Crippen molar-refractivity contribution in [2.75, 3.05) is 14.2 Å². The maximum atomic E-state index is 16.8. The molecule has 0 saturated heterocycles. The Morgan fingerprint density at radius 1 is 0.500 bits per heavy atom. The highest BCUT2D eigenvalue weighted by Crippen LogP contribution is 2.60. The second-order valence-electron chi connectivity index (χ2n) is 17.5. The lowest BCUT2D eigenvalue weighted by Crippen LogP contribution is -2.33. The van der Waals surface area contributed by atoms with Gasteiger partial charge in [0.2, 0.25) is 0 Å². The molecule has 10 heteroatoms. The van der Waals surface area contributed by atoms with E-state index >= 15 is 4.57 Å². The highest BCUT2D eigenvalue weighted by molar-refractivity contribution is 7.86. The molecule has 0 amide bonds. The molecule has 12 aromatic rings. The lowest BCUT2D eigenvalue weighted by Gasteiger charge is -2.31. The van der Waals surface area contributed by atoms with Crippen molar-refractivity contribution in [3.8, 4) is 43.8 Å². The average Bonchev–Trinajstić information content (AvgIpc) is 4.21. The van der Waals surface area contributed by atoms with Gasteiger partial charge >= 0.3 is 5.97 Å². The second kappa shape index (κ2) is 16.4. The minimum absolute atomic E-state index is 0.0501. The second-order valence-corrected chi connectivity index (χ2v) is 22.4. The number of carboxylic acids is 1. The van der Waals surface area contributed by atoms with Gasteiger partial charge in [-0.2, -0.15) is 0 Å². The number of nitrogens with zero attached hydrogens (tertiary/aromatic N) is 2. The molecule has 1 aliphatic heterocycles. The fourth-order valence-electron chi connectivity index (χ4n) is 10.7. The van der Waals surface area contributed by atoms with Crippen molar-refractivity contribution in [1.29, 1.82) is 0 Å². The first-order chi connectivity index (χ1) is 34.3. The summed E-state index contributed by atoms with van der Waals surface area (Å²) in [7, 11) is -0.434. The average molecular weight is 965 g/mol. The number of hydrogen-bond donors (Lipinski definition) is 1. The van der Waals surface area contributed by atoms with Crippen LogP contribution in [-0.4, -0.2) is 34.4 Å². The van der Waals surface area contributed by atoms with Gasteiger partial charge in [-0.1, -0.05) is 127 Å². The van der Waals surface area contributed by atoms with E-state index < -0.39 is 19.0 Å². The van der Waals surface area contributed by atoms with Gasteiger partial charge in [0.15, 0.2) is 7.14 Å². The Balaban J connectivity index is 0.996. The Morgan fingerprint density at radius 3 is 1.24 bits per heavy atom. The molecule has 338 valence electrons. The van der Waals surface area contributed by atoms with Crippen LogP contribution < -0.4 is 25.4 Å². The van der Waals surface area contributed by atoms with Crippen LogP contribution in [0.2, 0.25) is 0 Å². The van der Waals surface area contributed by atoms with Crippen molar-refractivity contribution in [2.24, 2.45) is 0 Å². The van der Waals surface area contributed by atoms with Crippen LogP contribution in [0.3, 0.4) is 0 Å². The monoisotopic (exact) mass is 964 g/mol. The van der Waals surface area contributed by atoms with Gasteiger partial charge in [0.05, 0.1) is 47.8 Å². The van der Waals surface area contributed by atoms with Crippen LogP contribution in [0.4, 0.5) is 0 Å². The predicted octanol–water partition coefficient (Wildman–Crippen LogP) is 14.2. The summed E-state index contributed by atoms with van der Waals surface area (Å²) in [5.74, 6) is -0.834. The normalized spacial score (nSPS) is 15.4. The van der Waals surface area contributed by atoms with Gasteiger partial charge in [-0.05, 0) is 83.9 Å². The lowest BCUT2D eigenvalue weighted by molar-refractivity contribution is 0.0696. The zero-order valence-corrected chi connectivity index (χ0v) is 40.4. The molecule has 5 heterocycles. The van der Waals surface area contributed by atoms with Gasteiger partial charge in [-0.3, -0.25) is 0 Å². The van der Waals surface area contributed by atoms with Crippen molar-refractivity contribution in [3.05, 3.63) is 221 Å². The fraction of sp³-hybridized carbons (Fsp3) is 0.0500. The number of fused-ring (bicyclic) bond motifs is 8. The van der Waals surface area contributed by atoms with E-state index in [4.69, 9.17) is 9.47 Å². The summed E-state index contributed by atoms with van der Waals surface area (Å²) in [5.41, 5.74) is 9.35. The zero-order chi connectivity index (χ0) is 47.3. The van der Waals surface area contributed by atoms with Crippen LogP contribution >= 0.6 is 29.8 Å². The number of rotatable bonds is 9. The molecule has 1 N–H and O–H groups in total. The van der Waals surface area contributed by atoms with E-state index in [-0.39, 0.29) is 5.56 Å². The van der Waals surface area contributed by atoms with Crippen LogP contribution in [0, 0.1) is 0 Å². The van der Waals surface area contributed by atoms with Gasteiger partial charge in [0.1, 0.15) is 11.5 Å². The van der Waals surface area contributed by atoms with Gasteiger partial charge in [-0.15, -0.1) is 22.7 Å². The SMILES string of the molecule is COc1cc(C(=O)O)cc(OC)c1C1c2sc(-c3ccc(-n4c5ccccc5c5ccccc54)cc3)cc2P(=O)(c2ccccc2)c2cc(-c3ccc(-n4c5ccccc5c5ccccc54)cc3)sc21. The highest BCUT2D eigenvalue weighted by Gasteiger charge is 2.47. The van der Waals surface area contributed by atoms with Gasteiger partial charge < -0.3 is 28.3 Å². The Hall–Kier alpha value is -7.94. The van der Waals surface area contributed by atoms with Crippen LogP contribution in [0.15, 0.2) is 200 Å². The molecule has 0 saturated carbocycles. The summed E-state index contributed by atoms with van der Waals surface area (Å²) in [6, 6.07) is 68.4. The first kappa shape index (κ1) is 42.2. The largest absolute Gasteiger partial charge is 0.496 e. The Bertz CT molecular complexity index is 3770. The minimum Gasteiger partial charge on any atom is -0.496 e. The number of aromatic nitrogens is 2. The number of methoxy groups -OCH3 is 2. The molecule has 0 atom stereocenters. The van der Waals surface area contributed by atoms with E-state index in [9.17, 15) is 9.90 Å². The molecule has 0 bridgehead atoms. The number of hydrogen-bond acceptors (Lipinski definition) is 6. The first-order valence-electron chi connectivity index (χ1n) is 23.0. The molecule has 7 nitrogen and oxygen atoms in total. The van der Waals surface area contributed by atoms with Crippen LogP contribution in [0.1, 0.15) is 31.6 Å². The standard InChI is InChI=1S/C60H41N2O5PS2/c1-66-50-32-38(60(63)64)33-51(67-2)56(50)57-58-52(34-54(69-58)36-24-28-39(29-25-36)61-46-20-10-6-16-42(46)43-17-7-11-21-47(43)61)68(65,41-14-4-3-5-15-41)53-35-55(70-59(53)57)37-26-30-40(31-27-37)62-48-22-12-8-18-44(48)45-19-9-13-23-49(45)62/h3-35,57H,1-2H3,(H,63,64).